The van der Waals surface area contributed by atoms with Crippen molar-refractivity contribution in [3.05, 3.63) is 53.9 Å². The number of nitrogens with zero attached hydrogens (tertiary/aromatic N) is 2. The zero-order chi connectivity index (χ0) is 12.9. The third-order valence-electron chi connectivity index (χ3n) is 3.88. The molecule has 3 rings (SSSR count). The lowest BCUT2D eigenvalue weighted by Crippen LogP contribution is -2.31. The summed E-state index contributed by atoms with van der Waals surface area (Å²) in [6, 6.07) is 12.7. The van der Waals surface area contributed by atoms with Crippen molar-refractivity contribution >= 4 is 0 Å². The van der Waals surface area contributed by atoms with Gasteiger partial charge in [-0.1, -0.05) is 30.3 Å². The average Bonchev–Trinajstić information content (AvgIpc) is 2.88. The molecule has 1 aromatic carbocycles. The Balaban J connectivity index is 1.68. The van der Waals surface area contributed by atoms with Crippen LogP contribution in [-0.2, 0) is 13.0 Å². The van der Waals surface area contributed by atoms with Gasteiger partial charge in [0.25, 0.3) is 0 Å². The van der Waals surface area contributed by atoms with Crippen LogP contribution in [-0.4, -0.2) is 22.9 Å². The molecule has 0 saturated carbocycles. The number of rotatable bonds is 4. The first kappa shape index (κ1) is 12.4. The fourth-order valence-corrected chi connectivity index (χ4v) is 2.83. The fraction of sp³-hybridized carbons (Fsp3) is 0.438. The van der Waals surface area contributed by atoms with Crippen molar-refractivity contribution in [3.63, 3.8) is 0 Å². The highest BCUT2D eigenvalue weighted by Crippen LogP contribution is 2.16. The van der Waals surface area contributed by atoms with Crippen molar-refractivity contribution in [2.75, 3.05) is 13.1 Å². The Morgan fingerprint density at radius 1 is 1.21 bits per heavy atom. The second-order valence-corrected chi connectivity index (χ2v) is 5.38. The lowest BCUT2D eigenvalue weighted by molar-refractivity contribution is 0.368. The summed E-state index contributed by atoms with van der Waals surface area (Å²) in [7, 11) is 0. The van der Waals surface area contributed by atoms with Gasteiger partial charge in [0, 0.05) is 11.9 Å². The van der Waals surface area contributed by atoms with Gasteiger partial charge in [-0.05, 0) is 49.9 Å². The molecule has 0 aliphatic carbocycles. The number of nitrogens with one attached hydrogen (secondary N) is 1. The molecule has 1 aromatic heterocycles. The van der Waals surface area contributed by atoms with Crippen LogP contribution in [0.15, 0.2) is 42.6 Å². The Labute approximate surface area is 114 Å². The van der Waals surface area contributed by atoms with Crippen molar-refractivity contribution in [1.82, 2.24) is 15.1 Å². The highest BCUT2D eigenvalue weighted by Gasteiger charge is 2.15. The van der Waals surface area contributed by atoms with Crippen LogP contribution in [0.2, 0.25) is 0 Å². The molecule has 2 aromatic rings. The van der Waals surface area contributed by atoms with Crippen molar-refractivity contribution < 1.29 is 0 Å². The minimum absolute atomic E-state index is 0.764. The smallest absolute Gasteiger partial charge is 0.0662 e. The van der Waals surface area contributed by atoms with Crippen molar-refractivity contribution in [2.45, 2.75) is 25.8 Å². The van der Waals surface area contributed by atoms with Crippen LogP contribution >= 0.6 is 0 Å². The molecule has 1 unspecified atom stereocenters. The molecular weight excluding hydrogens is 234 g/mol. The molecule has 2 heterocycles. The van der Waals surface area contributed by atoms with Crippen LogP contribution in [0.4, 0.5) is 0 Å². The van der Waals surface area contributed by atoms with Gasteiger partial charge in [-0.2, -0.15) is 5.10 Å². The summed E-state index contributed by atoms with van der Waals surface area (Å²) in [6.07, 6.45) is 5.70. The van der Waals surface area contributed by atoms with Crippen LogP contribution in [0, 0.1) is 5.92 Å². The van der Waals surface area contributed by atoms with E-state index in [0.717, 1.165) is 25.4 Å². The Hall–Kier alpha value is -1.61. The Bertz CT molecular complexity index is 498. The summed E-state index contributed by atoms with van der Waals surface area (Å²) in [5.74, 6) is 0.764. The van der Waals surface area contributed by atoms with Gasteiger partial charge in [-0.25, -0.2) is 0 Å². The zero-order valence-corrected chi connectivity index (χ0v) is 11.3. The molecule has 0 radical (unpaired) electrons. The molecule has 100 valence electrons. The minimum Gasteiger partial charge on any atom is -0.316 e. The van der Waals surface area contributed by atoms with Gasteiger partial charge in [0.2, 0.25) is 0 Å². The van der Waals surface area contributed by atoms with Gasteiger partial charge in [-0.15, -0.1) is 0 Å². The monoisotopic (exact) mass is 255 g/mol. The first-order valence-corrected chi connectivity index (χ1v) is 7.17. The lowest BCUT2D eigenvalue weighted by Gasteiger charge is -2.22. The van der Waals surface area contributed by atoms with Crippen LogP contribution in [0.25, 0.3) is 0 Å². The third-order valence-corrected chi connectivity index (χ3v) is 3.88. The van der Waals surface area contributed by atoms with Gasteiger partial charge in [0.1, 0.15) is 0 Å². The Kier molecular flexibility index (Phi) is 3.94. The van der Waals surface area contributed by atoms with Gasteiger partial charge in [-0.3, -0.25) is 4.68 Å². The summed E-state index contributed by atoms with van der Waals surface area (Å²) in [6.45, 7) is 3.21. The maximum Gasteiger partial charge on any atom is 0.0662 e. The predicted molar refractivity (Wildman–Crippen MR) is 77.1 cm³/mol. The summed E-state index contributed by atoms with van der Waals surface area (Å²) in [5.41, 5.74) is 2.67. The van der Waals surface area contributed by atoms with E-state index in [2.05, 4.69) is 51.5 Å². The second kappa shape index (κ2) is 6.02. The largest absolute Gasteiger partial charge is 0.316 e. The van der Waals surface area contributed by atoms with Gasteiger partial charge >= 0.3 is 0 Å². The fourth-order valence-electron chi connectivity index (χ4n) is 2.83. The summed E-state index contributed by atoms with van der Waals surface area (Å²) in [5, 5.41) is 7.96. The maximum atomic E-state index is 4.47. The summed E-state index contributed by atoms with van der Waals surface area (Å²) >= 11 is 0. The van der Waals surface area contributed by atoms with E-state index in [0.29, 0.717) is 0 Å². The molecule has 0 spiro atoms. The molecule has 19 heavy (non-hydrogen) atoms. The number of aromatic nitrogens is 2. The van der Waals surface area contributed by atoms with E-state index in [1.165, 1.54) is 30.6 Å². The Morgan fingerprint density at radius 2 is 2.11 bits per heavy atom. The highest BCUT2D eigenvalue weighted by molar-refractivity contribution is 5.16. The number of hydrogen-bond donors (Lipinski definition) is 1. The second-order valence-electron chi connectivity index (χ2n) is 5.38. The first-order chi connectivity index (χ1) is 9.42. The molecule has 1 aliphatic rings. The van der Waals surface area contributed by atoms with E-state index in [4.69, 9.17) is 0 Å². The van der Waals surface area contributed by atoms with Gasteiger partial charge in [0.15, 0.2) is 0 Å². The summed E-state index contributed by atoms with van der Waals surface area (Å²) in [4.78, 5) is 0. The number of benzene rings is 1. The van der Waals surface area contributed by atoms with Crippen LogP contribution < -0.4 is 5.32 Å². The van der Waals surface area contributed by atoms with E-state index in [1.54, 1.807) is 0 Å². The molecule has 1 atom stereocenters. The molecular formula is C16H21N3. The minimum atomic E-state index is 0.764. The van der Waals surface area contributed by atoms with Gasteiger partial charge in [0.05, 0.1) is 6.54 Å². The van der Waals surface area contributed by atoms with E-state index in [-0.39, 0.29) is 0 Å². The van der Waals surface area contributed by atoms with Crippen LogP contribution in [0.5, 0.6) is 0 Å². The molecule has 1 saturated heterocycles. The molecule has 3 heteroatoms. The van der Waals surface area contributed by atoms with Crippen LogP contribution in [0.1, 0.15) is 24.1 Å². The Morgan fingerprint density at radius 3 is 2.89 bits per heavy atom. The average molecular weight is 255 g/mol. The standard InChI is InChI=1S/C16H21N3/c1-2-5-14(6-3-1)13-19-16(8-10-18-19)11-15-7-4-9-17-12-15/h1-3,5-6,8,10,15,17H,4,7,9,11-13H2. The number of piperidine rings is 1. The number of hydrogen-bond acceptors (Lipinski definition) is 2. The SMILES string of the molecule is c1ccc(Cn2nccc2CC2CCCNC2)cc1. The predicted octanol–water partition coefficient (Wildman–Crippen LogP) is 2.47. The van der Waals surface area contributed by atoms with Crippen molar-refractivity contribution in [2.24, 2.45) is 5.92 Å². The van der Waals surface area contributed by atoms with Crippen molar-refractivity contribution in [3.8, 4) is 0 Å². The molecule has 3 nitrogen and oxygen atoms in total. The quantitative estimate of drug-likeness (QED) is 0.909. The molecule has 0 bridgehead atoms. The molecule has 0 amide bonds. The van der Waals surface area contributed by atoms with E-state index in [9.17, 15) is 0 Å². The molecule has 1 aliphatic heterocycles. The molecule has 1 fully saturated rings. The van der Waals surface area contributed by atoms with E-state index < -0.39 is 0 Å². The van der Waals surface area contributed by atoms with E-state index in [1.807, 2.05) is 6.20 Å². The topological polar surface area (TPSA) is 29.9 Å². The van der Waals surface area contributed by atoms with Gasteiger partial charge < -0.3 is 5.32 Å². The van der Waals surface area contributed by atoms with E-state index >= 15 is 0 Å². The highest BCUT2D eigenvalue weighted by atomic mass is 15.3. The summed E-state index contributed by atoms with van der Waals surface area (Å²) < 4.78 is 2.14. The normalized spacial score (nSPS) is 19.5. The maximum absolute atomic E-state index is 4.47. The van der Waals surface area contributed by atoms with Crippen molar-refractivity contribution in [1.29, 1.82) is 0 Å². The third kappa shape index (κ3) is 3.24. The first-order valence-electron chi connectivity index (χ1n) is 7.17. The lowest BCUT2D eigenvalue weighted by atomic mass is 9.94. The zero-order valence-electron chi connectivity index (χ0n) is 11.3. The molecule has 1 N–H and O–H groups in total. The van der Waals surface area contributed by atoms with Crippen LogP contribution in [0.3, 0.4) is 0 Å².